The first-order valence-corrected chi connectivity index (χ1v) is 15.5. The van der Waals surface area contributed by atoms with Gasteiger partial charge in [-0.2, -0.15) is 0 Å². The van der Waals surface area contributed by atoms with E-state index in [0.717, 1.165) is 0 Å². The molecule has 0 aliphatic rings. The molecule has 0 aromatic heterocycles. The smallest absolute Gasteiger partial charge is 0.282 e. The van der Waals surface area contributed by atoms with Crippen LogP contribution >= 0.6 is 0 Å². The van der Waals surface area contributed by atoms with Crippen molar-refractivity contribution >= 4 is 0 Å². The largest absolute Gasteiger partial charge is 0.427 e. The summed E-state index contributed by atoms with van der Waals surface area (Å²) in [6.07, 6.45) is 0. The molecule has 0 unspecified atom stereocenters. The van der Waals surface area contributed by atoms with E-state index in [1.54, 1.807) is 0 Å². The van der Waals surface area contributed by atoms with E-state index in [9.17, 15) is 0 Å². The molecule has 0 amide bonds. The van der Waals surface area contributed by atoms with Crippen molar-refractivity contribution in [3.63, 3.8) is 0 Å². The summed E-state index contributed by atoms with van der Waals surface area (Å²) in [6, 6.07) is 0. The summed E-state index contributed by atoms with van der Waals surface area (Å²) in [5.41, 5.74) is 0. The van der Waals surface area contributed by atoms with Crippen molar-refractivity contribution in [1.29, 1.82) is 0 Å². The standard InChI is InChI=1S/5IO3.V/c5*2-1(3)4;/q5*-1;. The van der Waals surface area contributed by atoms with Gasteiger partial charge in [0.15, 0.2) is 0 Å². The summed E-state index contributed by atoms with van der Waals surface area (Å²) in [6.45, 7) is 0. The van der Waals surface area contributed by atoms with Gasteiger partial charge in [-0.15, -0.1) is 0 Å². The van der Waals surface area contributed by atoms with E-state index in [-0.39, 0.29) is 18.6 Å². The maximum atomic E-state index is 8.57. The molecule has 0 N–H and O–H groups in total. The first-order chi connectivity index (χ1) is 8.66. The van der Waals surface area contributed by atoms with Gasteiger partial charge in [-0.3, -0.25) is 0 Å². The predicted octanol–water partition coefficient (Wildman–Crippen LogP) is -32.8. The van der Waals surface area contributed by atoms with Crippen molar-refractivity contribution in [3.05, 3.63) is 0 Å². The van der Waals surface area contributed by atoms with Gasteiger partial charge in [-0.1, -0.05) is 0 Å². The van der Waals surface area contributed by atoms with Crippen LogP contribution in [-0.4, -0.2) is 0 Å². The molecule has 135 valence electrons. The molecular formula is I5O15V-5. The Morgan fingerprint density at radius 2 is 0.238 bits per heavy atom. The molecule has 0 atom stereocenters. The molecule has 0 aromatic rings. The Kier molecular flexibility index (Phi) is 65.8. The van der Waals surface area contributed by atoms with E-state index in [4.69, 9.17) is 51.5 Å². The molecule has 0 fully saturated rings. The molecule has 0 saturated heterocycles. The van der Waals surface area contributed by atoms with Crippen LogP contribution in [0.3, 0.4) is 0 Å². The average molecular weight is 925 g/mol. The molecule has 0 spiro atoms. The zero-order valence-electron chi connectivity index (χ0n) is 8.46. The molecule has 21 heavy (non-hydrogen) atoms. The minimum absolute atomic E-state index is 0. The van der Waals surface area contributed by atoms with Crippen LogP contribution in [0.5, 0.6) is 0 Å². The van der Waals surface area contributed by atoms with Gasteiger partial charge >= 0.3 is 0 Å². The molecule has 0 aliphatic heterocycles. The van der Waals surface area contributed by atoms with Crippen molar-refractivity contribution in [1.82, 2.24) is 0 Å². The second kappa shape index (κ2) is 34.9. The second-order valence-corrected chi connectivity index (χ2v) is 6.34. The van der Waals surface area contributed by atoms with Crippen molar-refractivity contribution < 1.29 is 175 Å². The molecule has 0 aromatic carbocycles. The van der Waals surface area contributed by atoms with E-state index in [1.165, 1.54) is 0 Å². The minimum Gasteiger partial charge on any atom is -0.427 e. The Balaban J connectivity index is -0.0000000331. The fraction of sp³-hybridized carbons (Fsp3) is 0. The Labute approximate surface area is 172 Å². The number of rotatable bonds is 0. The monoisotopic (exact) mass is 925 g/mol. The van der Waals surface area contributed by atoms with Crippen LogP contribution in [0.2, 0.25) is 0 Å². The summed E-state index contributed by atoms with van der Waals surface area (Å²) >= 11 is -20.1. The molecule has 0 rings (SSSR count). The molecule has 15 nitrogen and oxygen atoms in total. The van der Waals surface area contributed by atoms with Crippen LogP contribution in [0.25, 0.3) is 0 Å². The van der Waals surface area contributed by atoms with Crippen LogP contribution in [0.1, 0.15) is 0 Å². The van der Waals surface area contributed by atoms with Gasteiger partial charge < -0.3 is 51.5 Å². The minimum atomic E-state index is -4.01. The van der Waals surface area contributed by atoms with Crippen LogP contribution < -0.4 is 157 Å². The van der Waals surface area contributed by atoms with E-state index >= 15 is 0 Å². The molecule has 21 heteroatoms. The van der Waals surface area contributed by atoms with Crippen molar-refractivity contribution in [2.75, 3.05) is 0 Å². The van der Waals surface area contributed by atoms with E-state index < -0.39 is 105 Å². The van der Waals surface area contributed by atoms with Gasteiger partial charge in [0, 0.05) is 18.6 Å². The molecule has 0 aliphatic carbocycles. The van der Waals surface area contributed by atoms with Gasteiger partial charge in [0.05, 0.1) is 0 Å². The third kappa shape index (κ3) is 837. The van der Waals surface area contributed by atoms with Crippen LogP contribution in [-0.2, 0) is 18.6 Å². The van der Waals surface area contributed by atoms with E-state index in [0.29, 0.717) is 0 Å². The molecule has 0 heterocycles. The summed E-state index contributed by atoms with van der Waals surface area (Å²) in [4.78, 5) is 0. The van der Waals surface area contributed by atoms with Crippen LogP contribution in [0, 0.1) is 0 Å². The number of hydrogen-bond acceptors (Lipinski definition) is 15. The SMILES string of the molecule is [O-][I+2]([O-])[O-].[O-][I+2]([O-])[O-].[O-][I+2]([O-])[O-].[O-][I+2]([O-])[O-].[O-][I+2]([O-])[O-].[V]. The van der Waals surface area contributed by atoms with E-state index in [2.05, 4.69) is 0 Å². The van der Waals surface area contributed by atoms with Crippen molar-refractivity contribution in [2.24, 2.45) is 0 Å². The average Bonchev–Trinajstić information content (AvgIpc) is 1.94. The zero-order valence-corrected chi connectivity index (χ0v) is 20.6. The molecule has 0 saturated carbocycles. The number of hydrogen-bond donors (Lipinski definition) is 0. The second-order valence-electron chi connectivity index (χ2n) is 0.945. The van der Waals surface area contributed by atoms with E-state index in [1.807, 2.05) is 0 Å². The topological polar surface area (TPSA) is 346 Å². The maximum absolute atomic E-state index is 8.57. The Morgan fingerprint density at radius 1 is 0.238 bits per heavy atom. The third-order valence-corrected chi connectivity index (χ3v) is 0. The molecular weight excluding hydrogens is 925 g/mol. The number of halogens is 5. The summed E-state index contributed by atoms with van der Waals surface area (Å²) in [5.74, 6) is 0. The summed E-state index contributed by atoms with van der Waals surface area (Å²) in [7, 11) is 0. The third-order valence-electron chi connectivity index (χ3n) is 0. The first-order valence-electron chi connectivity index (χ1n) is 2.31. The van der Waals surface area contributed by atoms with Gasteiger partial charge in [-0.05, 0) is 0 Å². The molecule has 1 radical (unpaired) electrons. The summed E-state index contributed by atoms with van der Waals surface area (Å²) < 4.78 is 129. The van der Waals surface area contributed by atoms with Gasteiger partial charge in [-0.25, -0.2) is 0 Å². The van der Waals surface area contributed by atoms with Crippen molar-refractivity contribution in [3.8, 4) is 0 Å². The maximum Gasteiger partial charge on any atom is 0.282 e. The van der Waals surface area contributed by atoms with Gasteiger partial charge in [0.1, 0.15) is 0 Å². The van der Waals surface area contributed by atoms with Gasteiger partial charge in [0.25, 0.3) is 105 Å². The van der Waals surface area contributed by atoms with Gasteiger partial charge in [0.2, 0.25) is 0 Å². The van der Waals surface area contributed by atoms with Crippen LogP contribution in [0.4, 0.5) is 0 Å². The Bertz CT molecular complexity index is 80.6. The fourth-order valence-electron chi connectivity index (χ4n) is 0. The Morgan fingerprint density at radius 3 is 0.238 bits per heavy atom. The zero-order chi connectivity index (χ0) is 17.9. The molecule has 0 bridgehead atoms. The van der Waals surface area contributed by atoms with Crippen LogP contribution in [0.15, 0.2) is 0 Å². The normalized spacial score (nSPS) is 8.57. The quantitative estimate of drug-likeness (QED) is 0.204. The summed E-state index contributed by atoms with van der Waals surface area (Å²) in [5, 5.41) is 0. The first kappa shape index (κ1) is 39.6. The fourth-order valence-corrected chi connectivity index (χ4v) is 0. The predicted molar refractivity (Wildman–Crippen MR) is 0 cm³/mol. The Hall–Kier alpha value is 3.63. The van der Waals surface area contributed by atoms with Crippen molar-refractivity contribution in [2.45, 2.75) is 0 Å².